The number of rotatable bonds is 9. The van der Waals surface area contributed by atoms with Gasteiger partial charge in [-0.15, -0.1) is 0 Å². The molecule has 1 aromatic carbocycles. The van der Waals surface area contributed by atoms with Crippen LogP contribution < -0.4 is 4.74 Å². The van der Waals surface area contributed by atoms with E-state index in [0.717, 1.165) is 17.6 Å². The van der Waals surface area contributed by atoms with Crippen molar-refractivity contribution in [1.82, 2.24) is 9.21 Å². The Labute approximate surface area is 139 Å². The van der Waals surface area contributed by atoms with Gasteiger partial charge in [0.1, 0.15) is 5.75 Å². The number of ether oxygens (including phenoxy) is 1. The van der Waals surface area contributed by atoms with Gasteiger partial charge in [0.05, 0.1) is 19.9 Å². The van der Waals surface area contributed by atoms with Crippen molar-refractivity contribution in [3.8, 4) is 5.75 Å². The molecule has 6 nitrogen and oxygen atoms in total. The van der Waals surface area contributed by atoms with Gasteiger partial charge >= 0.3 is 0 Å². The maximum atomic E-state index is 12.2. The fourth-order valence-corrected chi connectivity index (χ4v) is 3.00. The topological polar surface area (TPSA) is 66.9 Å². The molecular formula is C16H26N2O4S. The molecule has 0 aliphatic heterocycles. The molecular weight excluding hydrogens is 316 g/mol. The van der Waals surface area contributed by atoms with Crippen molar-refractivity contribution in [1.29, 1.82) is 0 Å². The summed E-state index contributed by atoms with van der Waals surface area (Å²) >= 11 is 0. The second-order valence-corrected chi connectivity index (χ2v) is 7.24. The summed E-state index contributed by atoms with van der Waals surface area (Å²) in [4.78, 5) is 13.8. The molecule has 0 saturated heterocycles. The molecule has 1 aromatic rings. The number of nitrogens with zero attached hydrogens (tertiary/aromatic N) is 2. The Morgan fingerprint density at radius 1 is 1.13 bits per heavy atom. The van der Waals surface area contributed by atoms with E-state index in [1.165, 1.54) is 4.31 Å². The molecule has 0 spiro atoms. The molecule has 0 aliphatic carbocycles. The molecule has 130 valence electrons. The number of carbonyl (C=O) groups excluding carboxylic acids is 1. The van der Waals surface area contributed by atoms with Crippen molar-refractivity contribution in [3.63, 3.8) is 0 Å². The van der Waals surface area contributed by atoms with Crippen molar-refractivity contribution in [2.45, 2.75) is 20.3 Å². The molecule has 23 heavy (non-hydrogen) atoms. The maximum absolute atomic E-state index is 12.2. The first kappa shape index (κ1) is 19.4. The summed E-state index contributed by atoms with van der Waals surface area (Å²) in [5.74, 6) is 0.584. The van der Waals surface area contributed by atoms with E-state index in [4.69, 9.17) is 4.74 Å². The van der Waals surface area contributed by atoms with Gasteiger partial charge in [-0.1, -0.05) is 12.1 Å². The van der Waals surface area contributed by atoms with E-state index < -0.39 is 10.0 Å². The van der Waals surface area contributed by atoms with E-state index in [1.807, 2.05) is 38.1 Å². The summed E-state index contributed by atoms with van der Waals surface area (Å²) in [6.45, 7) is 5.07. The third-order valence-corrected chi connectivity index (χ3v) is 4.96. The zero-order chi connectivity index (χ0) is 17.5. The Morgan fingerprint density at radius 2 is 1.70 bits per heavy atom. The molecule has 0 N–H and O–H groups in total. The molecule has 0 heterocycles. The van der Waals surface area contributed by atoms with Gasteiger partial charge in [-0.05, 0) is 38.0 Å². The summed E-state index contributed by atoms with van der Waals surface area (Å²) in [7, 11) is -1.84. The van der Waals surface area contributed by atoms with Crippen LogP contribution in [0, 0.1) is 0 Å². The molecule has 0 aromatic heterocycles. The largest absolute Gasteiger partial charge is 0.497 e. The van der Waals surface area contributed by atoms with Crippen LogP contribution in [-0.4, -0.2) is 63.1 Å². The van der Waals surface area contributed by atoms with Gasteiger partial charge in [-0.2, -0.15) is 4.31 Å². The highest BCUT2D eigenvalue weighted by atomic mass is 32.2. The molecule has 0 saturated carbocycles. The van der Waals surface area contributed by atoms with Crippen LogP contribution in [0.4, 0.5) is 0 Å². The first-order valence-electron chi connectivity index (χ1n) is 7.67. The Bertz CT molecular complexity index is 595. The van der Waals surface area contributed by atoms with Crippen molar-refractivity contribution in [2.75, 3.05) is 39.5 Å². The third-order valence-electron chi connectivity index (χ3n) is 3.71. The van der Waals surface area contributed by atoms with E-state index in [0.29, 0.717) is 19.5 Å². The van der Waals surface area contributed by atoms with Crippen LogP contribution in [0.2, 0.25) is 0 Å². The van der Waals surface area contributed by atoms with Gasteiger partial charge in [-0.25, -0.2) is 8.42 Å². The number of methoxy groups -OCH3 is 1. The first-order valence-corrected chi connectivity index (χ1v) is 9.52. The quantitative estimate of drug-likeness (QED) is 0.680. The van der Waals surface area contributed by atoms with Crippen LogP contribution in [0.3, 0.4) is 0 Å². The van der Waals surface area contributed by atoms with Crippen molar-refractivity contribution < 1.29 is 17.9 Å². The van der Waals surface area contributed by atoms with Gasteiger partial charge in [0, 0.05) is 19.6 Å². The SMILES string of the molecule is CCN(CC)C(=O)CN(CCc1ccc(OC)cc1)S(C)(=O)=O. The average Bonchev–Trinajstić information content (AvgIpc) is 2.52. The molecule has 0 atom stereocenters. The van der Waals surface area contributed by atoms with Crippen molar-refractivity contribution >= 4 is 15.9 Å². The number of hydrogen-bond acceptors (Lipinski definition) is 4. The summed E-state index contributed by atoms with van der Waals surface area (Å²) in [6, 6.07) is 7.46. The Hall–Kier alpha value is -1.60. The monoisotopic (exact) mass is 342 g/mol. The van der Waals surface area contributed by atoms with E-state index in [9.17, 15) is 13.2 Å². The number of carbonyl (C=O) groups is 1. The van der Waals surface area contributed by atoms with E-state index in [-0.39, 0.29) is 19.0 Å². The van der Waals surface area contributed by atoms with Crippen LogP contribution in [0.15, 0.2) is 24.3 Å². The lowest BCUT2D eigenvalue weighted by Gasteiger charge is -2.24. The van der Waals surface area contributed by atoms with Crippen molar-refractivity contribution in [3.05, 3.63) is 29.8 Å². The number of sulfonamides is 1. The highest BCUT2D eigenvalue weighted by molar-refractivity contribution is 7.88. The van der Waals surface area contributed by atoms with E-state index >= 15 is 0 Å². The molecule has 0 radical (unpaired) electrons. The van der Waals surface area contributed by atoms with Crippen LogP contribution in [0.1, 0.15) is 19.4 Å². The minimum Gasteiger partial charge on any atom is -0.497 e. The van der Waals surface area contributed by atoms with Crippen LogP contribution in [0.25, 0.3) is 0 Å². The first-order chi connectivity index (χ1) is 10.8. The Balaban J connectivity index is 2.73. The zero-order valence-corrected chi connectivity index (χ0v) is 15.1. The molecule has 0 aliphatic rings. The summed E-state index contributed by atoms with van der Waals surface area (Å²) in [6.07, 6.45) is 1.68. The molecule has 0 bridgehead atoms. The second-order valence-electron chi connectivity index (χ2n) is 5.26. The fourth-order valence-electron chi connectivity index (χ4n) is 2.24. The van der Waals surface area contributed by atoms with Crippen LogP contribution in [0.5, 0.6) is 5.75 Å². The average molecular weight is 342 g/mol. The predicted molar refractivity (Wildman–Crippen MR) is 91.0 cm³/mol. The lowest BCUT2D eigenvalue weighted by Crippen LogP contribution is -2.43. The molecule has 1 rings (SSSR count). The smallest absolute Gasteiger partial charge is 0.237 e. The maximum Gasteiger partial charge on any atom is 0.237 e. The standard InChI is InChI=1S/C16H26N2O4S/c1-5-17(6-2)16(19)13-18(23(4,20)21)12-11-14-7-9-15(22-3)10-8-14/h7-10H,5-6,11-13H2,1-4H3. The van der Waals surface area contributed by atoms with Gasteiger partial charge < -0.3 is 9.64 Å². The van der Waals surface area contributed by atoms with Gasteiger partial charge in [-0.3, -0.25) is 4.79 Å². The lowest BCUT2D eigenvalue weighted by atomic mass is 10.1. The Kier molecular flexibility index (Phi) is 7.51. The van der Waals surface area contributed by atoms with E-state index in [1.54, 1.807) is 12.0 Å². The van der Waals surface area contributed by atoms with Crippen molar-refractivity contribution in [2.24, 2.45) is 0 Å². The normalized spacial score (nSPS) is 11.5. The zero-order valence-electron chi connectivity index (χ0n) is 14.3. The Morgan fingerprint density at radius 3 is 2.13 bits per heavy atom. The minimum atomic E-state index is -3.43. The lowest BCUT2D eigenvalue weighted by molar-refractivity contribution is -0.131. The second kappa shape index (κ2) is 8.88. The highest BCUT2D eigenvalue weighted by Gasteiger charge is 2.22. The molecule has 1 amide bonds. The number of likely N-dealkylation sites (N-methyl/N-ethyl adjacent to an activating group) is 1. The van der Waals surface area contributed by atoms with Crippen LogP contribution in [-0.2, 0) is 21.2 Å². The highest BCUT2D eigenvalue weighted by Crippen LogP contribution is 2.12. The summed E-state index contributed by atoms with van der Waals surface area (Å²) in [5, 5.41) is 0. The van der Waals surface area contributed by atoms with Gasteiger partial charge in [0.25, 0.3) is 0 Å². The van der Waals surface area contributed by atoms with Crippen LogP contribution >= 0.6 is 0 Å². The number of amides is 1. The molecule has 7 heteroatoms. The minimum absolute atomic E-state index is 0.114. The number of benzene rings is 1. The molecule has 0 fully saturated rings. The number of hydrogen-bond donors (Lipinski definition) is 0. The van der Waals surface area contributed by atoms with Gasteiger partial charge in [0.15, 0.2) is 0 Å². The summed E-state index contributed by atoms with van der Waals surface area (Å²) < 4.78 is 30.2. The third kappa shape index (κ3) is 6.19. The molecule has 0 unspecified atom stereocenters. The fraction of sp³-hybridized carbons (Fsp3) is 0.562. The summed E-state index contributed by atoms with van der Waals surface area (Å²) in [5.41, 5.74) is 0.995. The van der Waals surface area contributed by atoms with Gasteiger partial charge in [0.2, 0.25) is 15.9 Å². The predicted octanol–water partition coefficient (Wildman–Crippen LogP) is 1.37. The van der Waals surface area contributed by atoms with E-state index in [2.05, 4.69) is 0 Å².